The number of nitrogens with one attached hydrogen (secondary N) is 1. The summed E-state index contributed by atoms with van der Waals surface area (Å²) in [5.74, 6) is 0.921. The second-order valence-electron chi connectivity index (χ2n) is 10.5. The van der Waals surface area contributed by atoms with Crippen molar-refractivity contribution in [2.45, 2.75) is 70.0 Å². The molecule has 1 atom stereocenters. The average Bonchev–Trinajstić information content (AvgIpc) is 2.99. The number of benzene rings is 3. The number of methoxy groups -OCH3 is 2. The second-order valence-corrected chi connectivity index (χ2v) is 11.3. The molecule has 0 spiro atoms. The molecule has 0 heterocycles. The third-order valence-corrected chi connectivity index (χ3v) is 8.40. The Balaban J connectivity index is 1.64. The minimum atomic E-state index is -0.732. The monoisotopic (exact) mass is 596 g/mol. The number of carbonyl (C=O) groups excluding carboxylic acids is 2. The molecule has 1 aliphatic rings. The topological polar surface area (TPSA) is 67.9 Å². The first-order valence-electron chi connectivity index (χ1n) is 14.2. The molecule has 0 saturated heterocycles. The summed E-state index contributed by atoms with van der Waals surface area (Å²) in [4.78, 5) is 29.7. The number of ether oxygens (including phenoxy) is 2. The predicted molar refractivity (Wildman–Crippen MR) is 164 cm³/mol. The van der Waals surface area contributed by atoms with Gasteiger partial charge in [-0.05, 0) is 54.7 Å². The first-order valence-corrected chi connectivity index (χ1v) is 14.9. The lowest BCUT2D eigenvalue weighted by molar-refractivity contribution is -0.141. The van der Waals surface area contributed by atoms with E-state index in [1.165, 1.54) is 6.42 Å². The van der Waals surface area contributed by atoms with Crippen LogP contribution in [0.4, 0.5) is 0 Å². The lowest BCUT2D eigenvalue weighted by atomic mass is 9.94. The summed E-state index contributed by atoms with van der Waals surface area (Å²) in [5, 5.41) is 4.18. The molecule has 0 radical (unpaired) electrons. The van der Waals surface area contributed by atoms with E-state index in [9.17, 15) is 9.59 Å². The molecule has 1 N–H and O–H groups in total. The minimum absolute atomic E-state index is 0.113. The Morgan fingerprint density at radius 1 is 0.878 bits per heavy atom. The van der Waals surface area contributed by atoms with Gasteiger partial charge in [-0.1, -0.05) is 84.9 Å². The summed E-state index contributed by atoms with van der Waals surface area (Å²) in [5.41, 5.74) is 2.52. The number of amides is 2. The molecular weight excluding hydrogens is 559 g/mol. The number of carbonyl (C=O) groups is 2. The van der Waals surface area contributed by atoms with Crippen molar-refractivity contribution >= 4 is 35.0 Å². The number of hydrogen-bond donors (Lipinski definition) is 1. The normalized spacial score (nSPS) is 14.2. The van der Waals surface area contributed by atoms with Gasteiger partial charge in [0.05, 0.1) is 14.2 Å². The quantitative estimate of drug-likeness (QED) is 0.244. The maximum Gasteiger partial charge on any atom is 0.243 e. The Morgan fingerprint density at radius 3 is 2.22 bits per heavy atom. The molecule has 1 aliphatic carbocycles. The molecular formula is C33H38Cl2N2O4. The highest BCUT2D eigenvalue weighted by Gasteiger charge is 2.32. The van der Waals surface area contributed by atoms with Gasteiger partial charge in [0.25, 0.3) is 0 Å². The molecule has 2 amide bonds. The summed E-state index contributed by atoms with van der Waals surface area (Å²) in [6.07, 6.45) is 6.32. The van der Waals surface area contributed by atoms with E-state index in [0.717, 1.165) is 36.8 Å². The number of rotatable bonds is 12. The Kier molecular flexibility index (Phi) is 11.3. The molecule has 8 heteroatoms. The zero-order valence-electron chi connectivity index (χ0n) is 23.7. The zero-order chi connectivity index (χ0) is 29.2. The lowest BCUT2D eigenvalue weighted by Crippen LogP contribution is -2.53. The minimum Gasteiger partial charge on any atom is -0.493 e. The van der Waals surface area contributed by atoms with Gasteiger partial charge in [-0.25, -0.2) is 0 Å². The highest BCUT2D eigenvalue weighted by atomic mass is 35.5. The van der Waals surface area contributed by atoms with Gasteiger partial charge in [0.15, 0.2) is 11.5 Å². The van der Waals surface area contributed by atoms with E-state index in [-0.39, 0.29) is 30.8 Å². The smallest absolute Gasteiger partial charge is 0.243 e. The molecule has 3 aromatic carbocycles. The Bertz CT molecular complexity index is 1290. The molecule has 41 heavy (non-hydrogen) atoms. The van der Waals surface area contributed by atoms with Crippen molar-refractivity contribution in [3.63, 3.8) is 0 Å². The summed E-state index contributed by atoms with van der Waals surface area (Å²) in [6, 6.07) is 20.1. The van der Waals surface area contributed by atoms with Crippen molar-refractivity contribution < 1.29 is 19.1 Å². The Hall–Kier alpha value is -3.22. The summed E-state index contributed by atoms with van der Waals surface area (Å²) in [6.45, 7) is 0.124. The van der Waals surface area contributed by atoms with Crippen molar-refractivity contribution in [1.29, 1.82) is 0 Å². The van der Waals surface area contributed by atoms with Crippen LogP contribution in [0.5, 0.6) is 11.5 Å². The second kappa shape index (κ2) is 15.1. The third-order valence-electron chi connectivity index (χ3n) is 7.69. The Morgan fingerprint density at radius 2 is 1.56 bits per heavy atom. The zero-order valence-corrected chi connectivity index (χ0v) is 25.2. The summed E-state index contributed by atoms with van der Waals surface area (Å²) in [7, 11) is 3.17. The van der Waals surface area contributed by atoms with Crippen LogP contribution < -0.4 is 14.8 Å². The predicted octanol–water partition coefficient (Wildman–Crippen LogP) is 7.03. The van der Waals surface area contributed by atoms with Crippen molar-refractivity contribution in [2.75, 3.05) is 14.2 Å². The maximum absolute atomic E-state index is 14.1. The van der Waals surface area contributed by atoms with Crippen molar-refractivity contribution in [1.82, 2.24) is 10.2 Å². The van der Waals surface area contributed by atoms with E-state index >= 15 is 0 Å². The van der Waals surface area contributed by atoms with Crippen LogP contribution in [-0.4, -0.2) is 43.0 Å². The number of halogens is 2. The lowest BCUT2D eigenvalue weighted by Gasteiger charge is -2.34. The number of hydrogen-bond acceptors (Lipinski definition) is 4. The van der Waals surface area contributed by atoms with Gasteiger partial charge in [-0.2, -0.15) is 0 Å². The number of aryl methyl sites for hydroxylation is 1. The molecule has 218 valence electrons. The van der Waals surface area contributed by atoms with E-state index in [2.05, 4.69) is 5.32 Å². The first-order chi connectivity index (χ1) is 19.9. The van der Waals surface area contributed by atoms with Gasteiger partial charge in [0.1, 0.15) is 6.04 Å². The van der Waals surface area contributed by atoms with Crippen LogP contribution in [0.1, 0.15) is 55.2 Å². The van der Waals surface area contributed by atoms with Crippen LogP contribution >= 0.6 is 23.2 Å². The molecule has 1 fully saturated rings. The molecule has 4 rings (SSSR count). The van der Waals surface area contributed by atoms with Crippen molar-refractivity contribution in [3.05, 3.63) is 93.5 Å². The van der Waals surface area contributed by atoms with E-state index in [0.29, 0.717) is 39.9 Å². The van der Waals surface area contributed by atoms with Crippen LogP contribution in [0.2, 0.25) is 10.0 Å². The number of nitrogens with zero attached hydrogens (tertiary/aromatic N) is 1. The molecule has 3 aromatic rings. The summed E-state index contributed by atoms with van der Waals surface area (Å²) < 4.78 is 10.8. The molecule has 0 aliphatic heterocycles. The molecule has 0 unspecified atom stereocenters. The average molecular weight is 598 g/mol. The van der Waals surface area contributed by atoms with E-state index in [4.69, 9.17) is 32.7 Å². The van der Waals surface area contributed by atoms with Gasteiger partial charge in [-0.3, -0.25) is 9.59 Å². The van der Waals surface area contributed by atoms with E-state index in [1.54, 1.807) is 37.3 Å². The van der Waals surface area contributed by atoms with Crippen molar-refractivity contribution in [2.24, 2.45) is 0 Å². The SMILES string of the molecule is COc1ccc(CCC(=O)N(Cc2c(Cl)cccc2Cl)[C@H](Cc2ccccc2)C(=O)NC2CCCCC2)cc1OC. The highest BCUT2D eigenvalue weighted by Crippen LogP contribution is 2.30. The molecule has 0 aromatic heterocycles. The van der Waals surface area contributed by atoms with E-state index in [1.807, 2.05) is 48.5 Å². The van der Waals surface area contributed by atoms with Gasteiger partial charge < -0.3 is 19.7 Å². The highest BCUT2D eigenvalue weighted by molar-refractivity contribution is 6.36. The first kappa shape index (κ1) is 30.7. The van der Waals surface area contributed by atoms with Crippen LogP contribution in [0, 0.1) is 0 Å². The maximum atomic E-state index is 14.1. The van der Waals surface area contributed by atoms with Crippen LogP contribution in [0.3, 0.4) is 0 Å². The molecule has 6 nitrogen and oxygen atoms in total. The largest absolute Gasteiger partial charge is 0.493 e. The van der Waals surface area contributed by atoms with E-state index < -0.39 is 6.04 Å². The summed E-state index contributed by atoms with van der Waals surface area (Å²) >= 11 is 13.1. The molecule has 1 saturated carbocycles. The van der Waals surface area contributed by atoms with Gasteiger partial charge in [-0.15, -0.1) is 0 Å². The van der Waals surface area contributed by atoms with Gasteiger partial charge in [0, 0.05) is 41.0 Å². The van der Waals surface area contributed by atoms with Crippen LogP contribution in [0.25, 0.3) is 0 Å². The van der Waals surface area contributed by atoms with Crippen molar-refractivity contribution in [3.8, 4) is 11.5 Å². The fourth-order valence-corrected chi connectivity index (χ4v) is 5.90. The standard InChI is InChI=1S/C33H38Cl2N2O4/c1-40-30-18-16-24(21-31(30)41-2)17-19-32(38)37(22-26-27(34)14-9-15-28(26)35)29(20-23-10-5-3-6-11-23)33(39)36-25-12-7-4-8-13-25/h3,5-6,9-11,14-16,18,21,25,29H,4,7-8,12-13,17,19-20,22H2,1-2H3,(H,36,39)/t29-/m1/s1. The fraction of sp³-hybridized carbons (Fsp3) is 0.394. The van der Waals surface area contributed by atoms with Gasteiger partial charge >= 0.3 is 0 Å². The van der Waals surface area contributed by atoms with Crippen LogP contribution in [0.15, 0.2) is 66.7 Å². The molecule has 0 bridgehead atoms. The fourth-order valence-electron chi connectivity index (χ4n) is 5.38. The van der Waals surface area contributed by atoms with Crippen LogP contribution in [-0.2, 0) is 29.0 Å². The Labute approximate surface area is 252 Å². The third kappa shape index (κ3) is 8.40. The van der Waals surface area contributed by atoms with Gasteiger partial charge in [0.2, 0.25) is 11.8 Å².